The number of carbonyl (C=O) groups is 2. The molecule has 1 aromatic carbocycles. The van der Waals surface area contributed by atoms with Crippen LogP contribution < -0.4 is 4.74 Å². The molecule has 0 atom stereocenters. The smallest absolute Gasteiger partial charge is 0.409 e. The third kappa shape index (κ3) is 5.81. The lowest BCUT2D eigenvalue weighted by atomic mass is 10.2. The Morgan fingerprint density at radius 3 is 2.28 bits per heavy atom. The lowest BCUT2D eigenvalue weighted by Crippen LogP contribution is -2.50. The summed E-state index contributed by atoms with van der Waals surface area (Å²) in [7, 11) is 0. The Hall–Kier alpha value is -2.50. The van der Waals surface area contributed by atoms with Crippen LogP contribution in [0.3, 0.4) is 0 Å². The highest BCUT2D eigenvalue weighted by molar-refractivity contribution is 5.92. The first-order valence-corrected chi connectivity index (χ1v) is 8.75. The molecular formula is C19H26N2O4. The molecule has 6 heteroatoms. The second-order valence-electron chi connectivity index (χ2n) is 5.76. The van der Waals surface area contributed by atoms with Crippen molar-refractivity contribution >= 4 is 18.1 Å². The molecule has 1 saturated heterocycles. The van der Waals surface area contributed by atoms with E-state index in [-0.39, 0.29) is 12.0 Å². The highest BCUT2D eigenvalue weighted by Gasteiger charge is 2.23. The van der Waals surface area contributed by atoms with Crippen molar-refractivity contribution in [3.63, 3.8) is 0 Å². The number of ether oxygens (including phenoxy) is 2. The summed E-state index contributed by atoms with van der Waals surface area (Å²) in [6.07, 6.45) is 4.03. The van der Waals surface area contributed by atoms with Gasteiger partial charge in [0.2, 0.25) is 5.91 Å². The molecule has 136 valence electrons. The summed E-state index contributed by atoms with van der Waals surface area (Å²) in [6.45, 7) is 6.95. The van der Waals surface area contributed by atoms with Gasteiger partial charge in [-0.2, -0.15) is 0 Å². The first kappa shape index (κ1) is 18.8. The van der Waals surface area contributed by atoms with Crippen LogP contribution in [0.15, 0.2) is 30.3 Å². The van der Waals surface area contributed by atoms with E-state index in [0.717, 1.165) is 17.7 Å². The quantitative estimate of drug-likeness (QED) is 0.743. The van der Waals surface area contributed by atoms with Crippen molar-refractivity contribution < 1.29 is 19.1 Å². The number of rotatable bonds is 6. The molecule has 2 rings (SSSR count). The zero-order chi connectivity index (χ0) is 18.1. The number of amides is 2. The van der Waals surface area contributed by atoms with E-state index in [1.54, 1.807) is 28.9 Å². The second-order valence-corrected chi connectivity index (χ2v) is 5.76. The fourth-order valence-electron chi connectivity index (χ4n) is 2.49. The van der Waals surface area contributed by atoms with Gasteiger partial charge in [0.05, 0.1) is 13.2 Å². The van der Waals surface area contributed by atoms with Crippen molar-refractivity contribution in [2.45, 2.75) is 20.3 Å². The van der Waals surface area contributed by atoms with Crippen molar-refractivity contribution in [1.82, 2.24) is 9.80 Å². The Bertz CT molecular complexity index is 590. The van der Waals surface area contributed by atoms with Crippen LogP contribution in [0.4, 0.5) is 4.79 Å². The fraction of sp³-hybridized carbons (Fsp3) is 0.474. The van der Waals surface area contributed by atoms with Crippen LogP contribution in [-0.4, -0.2) is 61.2 Å². The first-order valence-electron chi connectivity index (χ1n) is 8.75. The third-order valence-electron chi connectivity index (χ3n) is 3.89. The number of carbonyl (C=O) groups excluding carboxylic acids is 2. The van der Waals surface area contributed by atoms with Crippen LogP contribution in [-0.2, 0) is 9.53 Å². The van der Waals surface area contributed by atoms with Gasteiger partial charge < -0.3 is 19.3 Å². The van der Waals surface area contributed by atoms with Crippen LogP contribution in [0.1, 0.15) is 25.8 Å². The van der Waals surface area contributed by atoms with E-state index in [2.05, 4.69) is 6.92 Å². The molecule has 6 nitrogen and oxygen atoms in total. The van der Waals surface area contributed by atoms with Gasteiger partial charge in [-0.05, 0) is 37.1 Å². The maximum Gasteiger partial charge on any atom is 0.409 e. The molecule has 0 aliphatic carbocycles. The standard InChI is InChI=1S/C19H26N2O4/c1-3-15-25-17-8-5-16(6-9-17)7-10-18(22)20-11-13-21(14-12-20)19(23)24-4-2/h5-10H,3-4,11-15H2,1-2H3/b10-7+. The molecule has 1 fully saturated rings. The molecule has 2 amide bonds. The van der Waals surface area contributed by atoms with E-state index in [0.29, 0.717) is 39.4 Å². The van der Waals surface area contributed by atoms with Crippen LogP contribution >= 0.6 is 0 Å². The maximum atomic E-state index is 12.3. The zero-order valence-corrected chi connectivity index (χ0v) is 14.9. The molecule has 0 radical (unpaired) electrons. The average Bonchev–Trinajstić information content (AvgIpc) is 2.65. The third-order valence-corrected chi connectivity index (χ3v) is 3.89. The summed E-state index contributed by atoms with van der Waals surface area (Å²) in [6, 6.07) is 7.65. The van der Waals surface area contributed by atoms with Crippen LogP contribution in [0.5, 0.6) is 5.75 Å². The van der Waals surface area contributed by atoms with Gasteiger partial charge in [0.25, 0.3) is 0 Å². The van der Waals surface area contributed by atoms with E-state index in [9.17, 15) is 9.59 Å². The van der Waals surface area contributed by atoms with Crippen LogP contribution in [0, 0.1) is 0 Å². The largest absolute Gasteiger partial charge is 0.494 e. The Morgan fingerprint density at radius 2 is 1.68 bits per heavy atom. The highest BCUT2D eigenvalue weighted by Crippen LogP contribution is 2.14. The predicted octanol–water partition coefficient (Wildman–Crippen LogP) is 2.79. The minimum absolute atomic E-state index is 0.0465. The summed E-state index contributed by atoms with van der Waals surface area (Å²) in [5.41, 5.74) is 0.947. The van der Waals surface area contributed by atoms with Gasteiger partial charge >= 0.3 is 6.09 Å². The van der Waals surface area contributed by atoms with Gasteiger partial charge in [-0.1, -0.05) is 19.1 Å². The number of hydrogen-bond donors (Lipinski definition) is 0. The van der Waals surface area contributed by atoms with E-state index >= 15 is 0 Å². The van der Waals surface area contributed by atoms with Gasteiger partial charge in [-0.25, -0.2) is 4.79 Å². The molecule has 1 aliphatic heterocycles. The second kappa shape index (κ2) is 9.71. The maximum absolute atomic E-state index is 12.3. The number of nitrogens with zero attached hydrogens (tertiary/aromatic N) is 2. The summed E-state index contributed by atoms with van der Waals surface area (Å²) in [5.74, 6) is 0.787. The lowest BCUT2D eigenvalue weighted by Gasteiger charge is -2.33. The number of piperazine rings is 1. The fourth-order valence-corrected chi connectivity index (χ4v) is 2.49. The lowest BCUT2D eigenvalue weighted by molar-refractivity contribution is -0.127. The predicted molar refractivity (Wildman–Crippen MR) is 96.4 cm³/mol. The molecule has 25 heavy (non-hydrogen) atoms. The monoisotopic (exact) mass is 346 g/mol. The topological polar surface area (TPSA) is 59.1 Å². The normalized spacial score (nSPS) is 14.6. The summed E-state index contributed by atoms with van der Waals surface area (Å²) < 4.78 is 10.5. The van der Waals surface area contributed by atoms with Gasteiger partial charge in [-0.3, -0.25) is 4.79 Å². The number of benzene rings is 1. The van der Waals surface area contributed by atoms with Crippen LogP contribution in [0.25, 0.3) is 6.08 Å². The molecule has 1 aromatic rings. The van der Waals surface area contributed by atoms with E-state index < -0.39 is 0 Å². The molecule has 0 spiro atoms. The Morgan fingerprint density at radius 1 is 1.04 bits per heavy atom. The molecular weight excluding hydrogens is 320 g/mol. The Kier molecular flexibility index (Phi) is 7.32. The van der Waals surface area contributed by atoms with Gasteiger partial charge in [0, 0.05) is 32.3 Å². The highest BCUT2D eigenvalue weighted by atomic mass is 16.6. The van der Waals surface area contributed by atoms with Crippen molar-refractivity contribution in [3.05, 3.63) is 35.9 Å². The average molecular weight is 346 g/mol. The SMILES string of the molecule is CCCOc1ccc(/C=C/C(=O)N2CCN(C(=O)OCC)CC2)cc1. The molecule has 0 N–H and O–H groups in total. The Labute approximate surface area is 149 Å². The molecule has 1 aliphatic rings. The molecule has 0 aromatic heterocycles. The van der Waals surface area contributed by atoms with Crippen molar-refractivity contribution in [1.29, 1.82) is 0 Å². The van der Waals surface area contributed by atoms with E-state index in [4.69, 9.17) is 9.47 Å². The van der Waals surface area contributed by atoms with Gasteiger partial charge in [0.1, 0.15) is 5.75 Å². The van der Waals surface area contributed by atoms with Crippen molar-refractivity contribution in [2.24, 2.45) is 0 Å². The Balaban J connectivity index is 1.82. The molecule has 1 heterocycles. The first-order chi connectivity index (χ1) is 12.1. The summed E-state index contributed by atoms with van der Waals surface area (Å²) in [4.78, 5) is 27.3. The molecule has 0 unspecified atom stereocenters. The van der Waals surface area contributed by atoms with Crippen LogP contribution in [0.2, 0.25) is 0 Å². The molecule has 0 saturated carbocycles. The minimum atomic E-state index is -0.310. The van der Waals surface area contributed by atoms with Crippen molar-refractivity contribution in [3.8, 4) is 5.75 Å². The van der Waals surface area contributed by atoms with E-state index in [1.807, 2.05) is 24.3 Å². The minimum Gasteiger partial charge on any atom is -0.494 e. The summed E-state index contributed by atoms with van der Waals surface area (Å²) >= 11 is 0. The summed E-state index contributed by atoms with van der Waals surface area (Å²) in [5, 5.41) is 0. The molecule has 0 bridgehead atoms. The zero-order valence-electron chi connectivity index (χ0n) is 14.9. The van der Waals surface area contributed by atoms with Crippen molar-refractivity contribution in [2.75, 3.05) is 39.4 Å². The van der Waals surface area contributed by atoms with Gasteiger partial charge in [0.15, 0.2) is 0 Å². The number of hydrogen-bond acceptors (Lipinski definition) is 4. The van der Waals surface area contributed by atoms with E-state index in [1.165, 1.54) is 0 Å². The van der Waals surface area contributed by atoms with Gasteiger partial charge in [-0.15, -0.1) is 0 Å².